The van der Waals surface area contributed by atoms with E-state index in [0.717, 1.165) is 28.5 Å². The Morgan fingerprint density at radius 1 is 1.12 bits per heavy atom. The predicted octanol–water partition coefficient (Wildman–Crippen LogP) is 3.39. The van der Waals surface area contributed by atoms with Gasteiger partial charge in [0.15, 0.2) is 0 Å². The van der Waals surface area contributed by atoms with E-state index in [1.807, 2.05) is 37.4 Å². The Labute approximate surface area is 195 Å². The van der Waals surface area contributed by atoms with E-state index in [1.54, 1.807) is 12.1 Å². The minimum Gasteiger partial charge on any atom is -0.489 e. The summed E-state index contributed by atoms with van der Waals surface area (Å²) < 4.78 is 5.98. The number of rotatable bonds is 6. The van der Waals surface area contributed by atoms with Gasteiger partial charge >= 0.3 is 4.87 Å². The Bertz CT molecular complexity index is 1330. The number of likely N-dealkylation sites (N-methyl/N-ethyl adjacent to an activating group) is 1. The highest BCUT2D eigenvalue weighted by Crippen LogP contribution is 2.27. The van der Waals surface area contributed by atoms with E-state index in [-0.39, 0.29) is 22.7 Å². The van der Waals surface area contributed by atoms with Gasteiger partial charge in [-0.25, -0.2) is 5.10 Å². The van der Waals surface area contributed by atoms with Gasteiger partial charge < -0.3 is 15.0 Å². The third-order valence-electron chi connectivity index (χ3n) is 5.98. The summed E-state index contributed by atoms with van der Waals surface area (Å²) in [5.41, 5.74) is 1.68. The van der Waals surface area contributed by atoms with Gasteiger partial charge in [0, 0.05) is 24.6 Å². The molecule has 3 aromatic carbocycles. The fraction of sp³-hybridized carbons (Fsp3) is 0.240. The number of benzene rings is 3. The van der Waals surface area contributed by atoms with Crippen LogP contribution in [0.2, 0.25) is 0 Å². The zero-order valence-electron chi connectivity index (χ0n) is 18.2. The number of H-pyrrole nitrogens is 1. The lowest BCUT2D eigenvalue weighted by Gasteiger charge is -2.18. The van der Waals surface area contributed by atoms with Crippen molar-refractivity contribution in [2.45, 2.75) is 18.6 Å². The third kappa shape index (κ3) is 4.67. The smallest absolute Gasteiger partial charge is 0.322 e. The van der Waals surface area contributed by atoms with Crippen molar-refractivity contribution in [3.05, 3.63) is 92.5 Å². The maximum atomic E-state index is 12.9. The van der Waals surface area contributed by atoms with Crippen molar-refractivity contribution in [3.8, 4) is 5.75 Å². The van der Waals surface area contributed by atoms with Crippen molar-refractivity contribution in [2.75, 3.05) is 20.1 Å². The molecule has 0 saturated carbocycles. The second kappa shape index (κ2) is 9.17. The Balaban J connectivity index is 1.23. The highest BCUT2D eigenvalue weighted by molar-refractivity contribution is 7.08. The first-order chi connectivity index (χ1) is 16.1. The number of carbonyl (C=O) groups is 1. The molecule has 0 bridgehead atoms. The molecule has 1 saturated heterocycles. The number of ether oxygens (including phenoxy) is 1. The lowest BCUT2D eigenvalue weighted by Crippen LogP contribution is -2.39. The van der Waals surface area contributed by atoms with Crippen molar-refractivity contribution < 1.29 is 9.53 Å². The van der Waals surface area contributed by atoms with Crippen LogP contribution in [0.3, 0.4) is 0 Å². The maximum absolute atomic E-state index is 12.9. The Morgan fingerprint density at radius 2 is 1.91 bits per heavy atom. The SMILES string of the molecule is CN1C[C@H](c2n[nH]c(=O)s2)[C@H](NC(=O)c2ccc(OCc3cccc4ccccc34)cc2)C1. The van der Waals surface area contributed by atoms with E-state index in [1.165, 1.54) is 10.8 Å². The molecule has 168 valence electrons. The van der Waals surface area contributed by atoms with Gasteiger partial charge in [-0.2, -0.15) is 5.10 Å². The van der Waals surface area contributed by atoms with E-state index in [2.05, 4.69) is 44.7 Å². The molecule has 1 fully saturated rings. The van der Waals surface area contributed by atoms with Crippen LogP contribution in [0, 0.1) is 0 Å². The molecule has 4 aromatic rings. The number of aromatic amines is 1. The summed E-state index contributed by atoms with van der Waals surface area (Å²) in [5, 5.41) is 12.8. The summed E-state index contributed by atoms with van der Waals surface area (Å²) in [6, 6.07) is 21.5. The zero-order chi connectivity index (χ0) is 22.8. The number of aromatic nitrogens is 2. The van der Waals surface area contributed by atoms with Crippen LogP contribution in [-0.4, -0.2) is 47.2 Å². The minimum absolute atomic E-state index is 0.00815. The van der Waals surface area contributed by atoms with E-state index >= 15 is 0 Å². The van der Waals surface area contributed by atoms with E-state index in [9.17, 15) is 9.59 Å². The normalized spacial score (nSPS) is 18.5. The van der Waals surface area contributed by atoms with Crippen LogP contribution in [0.25, 0.3) is 10.8 Å². The van der Waals surface area contributed by atoms with E-state index in [0.29, 0.717) is 24.5 Å². The van der Waals surface area contributed by atoms with Crippen molar-refractivity contribution >= 4 is 28.0 Å². The monoisotopic (exact) mass is 460 g/mol. The van der Waals surface area contributed by atoms with Crippen LogP contribution in [0.5, 0.6) is 5.75 Å². The van der Waals surface area contributed by atoms with Gasteiger partial charge in [0.2, 0.25) is 0 Å². The van der Waals surface area contributed by atoms with Crippen molar-refractivity contribution in [1.29, 1.82) is 0 Å². The quantitative estimate of drug-likeness (QED) is 0.461. The van der Waals surface area contributed by atoms with Crippen molar-refractivity contribution in [1.82, 2.24) is 20.4 Å². The molecule has 5 rings (SSSR count). The minimum atomic E-state index is -0.177. The Hall–Kier alpha value is -3.49. The second-order valence-electron chi connectivity index (χ2n) is 8.31. The van der Waals surface area contributed by atoms with Gasteiger partial charge in [0.25, 0.3) is 5.91 Å². The van der Waals surface area contributed by atoms with Crippen LogP contribution in [0.15, 0.2) is 71.5 Å². The van der Waals surface area contributed by atoms with Gasteiger partial charge in [0.05, 0.1) is 6.04 Å². The number of amides is 1. The number of nitrogens with one attached hydrogen (secondary N) is 2. The summed E-state index contributed by atoms with van der Waals surface area (Å²) in [6.07, 6.45) is 0. The predicted molar refractivity (Wildman–Crippen MR) is 129 cm³/mol. The topological polar surface area (TPSA) is 87.3 Å². The second-order valence-corrected chi connectivity index (χ2v) is 9.30. The molecule has 1 amide bonds. The lowest BCUT2D eigenvalue weighted by molar-refractivity contribution is 0.0935. The molecule has 0 aliphatic carbocycles. The fourth-order valence-electron chi connectivity index (χ4n) is 4.33. The molecule has 0 spiro atoms. The molecule has 33 heavy (non-hydrogen) atoms. The number of carbonyl (C=O) groups excluding carboxylic acids is 1. The number of hydrogen-bond donors (Lipinski definition) is 2. The van der Waals surface area contributed by atoms with Gasteiger partial charge in [-0.1, -0.05) is 53.8 Å². The van der Waals surface area contributed by atoms with Crippen LogP contribution in [0.4, 0.5) is 0 Å². The average Bonchev–Trinajstić information content (AvgIpc) is 3.42. The zero-order valence-corrected chi connectivity index (χ0v) is 19.0. The first kappa shape index (κ1) is 21.4. The summed E-state index contributed by atoms with van der Waals surface area (Å²) in [5.74, 6) is 0.550. The summed E-state index contributed by atoms with van der Waals surface area (Å²) in [6.45, 7) is 1.90. The number of nitrogens with zero attached hydrogens (tertiary/aromatic N) is 2. The summed E-state index contributed by atoms with van der Waals surface area (Å²) in [4.78, 5) is 26.3. The van der Waals surface area contributed by atoms with Crippen LogP contribution < -0.4 is 14.9 Å². The molecule has 1 aliphatic rings. The molecule has 2 heterocycles. The molecule has 0 radical (unpaired) electrons. The van der Waals surface area contributed by atoms with Gasteiger partial charge in [-0.3, -0.25) is 9.59 Å². The molecule has 2 atom stereocenters. The highest BCUT2D eigenvalue weighted by atomic mass is 32.1. The van der Waals surface area contributed by atoms with Crippen molar-refractivity contribution in [3.63, 3.8) is 0 Å². The van der Waals surface area contributed by atoms with E-state index in [4.69, 9.17) is 4.74 Å². The maximum Gasteiger partial charge on any atom is 0.322 e. The van der Waals surface area contributed by atoms with E-state index < -0.39 is 0 Å². The summed E-state index contributed by atoms with van der Waals surface area (Å²) >= 11 is 1.10. The molecule has 2 N–H and O–H groups in total. The highest BCUT2D eigenvalue weighted by Gasteiger charge is 2.35. The fourth-order valence-corrected chi connectivity index (χ4v) is 5.09. The lowest BCUT2D eigenvalue weighted by atomic mass is 10.0. The molecule has 1 aliphatic heterocycles. The first-order valence-corrected chi connectivity index (χ1v) is 11.6. The van der Waals surface area contributed by atoms with Crippen LogP contribution in [0.1, 0.15) is 26.8 Å². The average molecular weight is 461 g/mol. The van der Waals surface area contributed by atoms with Crippen LogP contribution in [-0.2, 0) is 6.61 Å². The number of fused-ring (bicyclic) bond motifs is 1. The first-order valence-electron chi connectivity index (χ1n) is 10.8. The van der Waals surface area contributed by atoms with Gasteiger partial charge in [-0.05, 0) is 47.6 Å². The number of hydrogen-bond acceptors (Lipinski definition) is 6. The molecule has 0 unspecified atom stereocenters. The van der Waals surface area contributed by atoms with Gasteiger partial charge in [0.1, 0.15) is 17.4 Å². The molecule has 8 heteroatoms. The number of likely N-dealkylation sites (tertiary alicyclic amines) is 1. The largest absolute Gasteiger partial charge is 0.489 e. The molecule has 1 aromatic heterocycles. The molecular formula is C25H24N4O3S. The Kier molecular flexibility index (Phi) is 5.93. The summed E-state index contributed by atoms with van der Waals surface area (Å²) in [7, 11) is 2.00. The third-order valence-corrected chi connectivity index (χ3v) is 6.86. The Morgan fingerprint density at radius 3 is 2.70 bits per heavy atom. The standard InChI is InChI=1S/C25H24N4O3S/c1-29-13-21(24-27-28-25(31)33-24)22(14-29)26-23(30)17-9-11-19(12-10-17)32-15-18-7-4-6-16-5-2-3-8-20(16)18/h2-12,21-22H,13-15H2,1H3,(H,26,30)(H,28,31)/t21-,22+/m0/s1. The van der Waals surface area contributed by atoms with Crippen molar-refractivity contribution in [2.24, 2.45) is 0 Å². The van der Waals surface area contributed by atoms with Gasteiger partial charge in [-0.15, -0.1) is 0 Å². The molecular weight excluding hydrogens is 436 g/mol. The van der Waals surface area contributed by atoms with Crippen LogP contribution >= 0.6 is 11.3 Å². The molecule has 7 nitrogen and oxygen atoms in total.